The number of allylic oxidation sites excluding steroid dienone is 2. The molecule has 1 aliphatic heterocycles. The number of nitrogens with one attached hydrogen (secondary N) is 3. The summed E-state index contributed by atoms with van der Waals surface area (Å²) in [5.41, 5.74) is 0.345. The molecule has 2 heterocycles. The van der Waals surface area contributed by atoms with E-state index >= 15 is 0 Å². The standard InChI is InChI=1S/C19H17BrClN5O3/c1-2-26-10-6-5-9-13(19(26)29)22-18(28)15-14(20)16(25-24-15)23-17(27)11-7-3-4-8-12(11)21/h3-10,13H,2H2,1H3,(H,22,28)(H2,23,24,25,27)/t13-/m1/s1. The van der Waals surface area contributed by atoms with Crippen LogP contribution < -0.4 is 10.6 Å². The number of aromatic nitrogens is 2. The van der Waals surface area contributed by atoms with E-state index in [2.05, 4.69) is 36.8 Å². The van der Waals surface area contributed by atoms with E-state index in [1.807, 2.05) is 6.92 Å². The Labute approximate surface area is 180 Å². The van der Waals surface area contributed by atoms with Crippen molar-refractivity contribution >= 4 is 51.1 Å². The molecule has 0 spiro atoms. The van der Waals surface area contributed by atoms with E-state index in [4.69, 9.17) is 11.6 Å². The minimum absolute atomic E-state index is 0.0703. The van der Waals surface area contributed by atoms with E-state index in [0.717, 1.165) is 0 Å². The molecule has 2 aromatic rings. The molecule has 0 aliphatic carbocycles. The summed E-state index contributed by atoms with van der Waals surface area (Å²) in [6.45, 7) is 2.32. The van der Waals surface area contributed by atoms with Crippen molar-refractivity contribution in [3.8, 4) is 0 Å². The Kier molecular flexibility index (Phi) is 6.50. The molecule has 29 heavy (non-hydrogen) atoms. The van der Waals surface area contributed by atoms with Gasteiger partial charge in [-0.3, -0.25) is 19.5 Å². The number of carbonyl (C=O) groups excluding carboxylic acids is 3. The van der Waals surface area contributed by atoms with Gasteiger partial charge in [0.25, 0.3) is 17.7 Å². The second-order valence-electron chi connectivity index (χ2n) is 6.00. The molecular formula is C19H17BrClN5O3. The number of nitrogens with zero attached hydrogens (tertiary/aromatic N) is 2. The van der Waals surface area contributed by atoms with Crippen molar-refractivity contribution in [1.82, 2.24) is 20.4 Å². The van der Waals surface area contributed by atoms with Crippen molar-refractivity contribution in [3.63, 3.8) is 0 Å². The van der Waals surface area contributed by atoms with Crippen molar-refractivity contribution in [1.29, 1.82) is 0 Å². The normalized spacial score (nSPS) is 15.9. The van der Waals surface area contributed by atoms with Crippen LogP contribution in [-0.4, -0.2) is 45.4 Å². The molecular weight excluding hydrogens is 462 g/mol. The molecule has 1 aromatic heterocycles. The van der Waals surface area contributed by atoms with E-state index in [-0.39, 0.29) is 27.5 Å². The van der Waals surface area contributed by atoms with Gasteiger partial charge in [0.2, 0.25) is 0 Å². The predicted molar refractivity (Wildman–Crippen MR) is 113 cm³/mol. The van der Waals surface area contributed by atoms with E-state index < -0.39 is 17.9 Å². The van der Waals surface area contributed by atoms with E-state index in [9.17, 15) is 14.4 Å². The van der Waals surface area contributed by atoms with Gasteiger partial charge in [-0.2, -0.15) is 5.10 Å². The van der Waals surface area contributed by atoms with Crippen molar-refractivity contribution in [2.75, 3.05) is 11.9 Å². The summed E-state index contributed by atoms with van der Waals surface area (Å²) >= 11 is 9.29. The van der Waals surface area contributed by atoms with Crippen LogP contribution in [0, 0.1) is 0 Å². The first-order chi connectivity index (χ1) is 13.9. The highest BCUT2D eigenvalue weighted by atomic mass is 79.9. The molecule has 3 amide bonds. The van der Waals surface area contributed by atoms with E-state index in [0.29, 0.717) is 11.6 Å². The van der Waals surface area contributed by atoms with Crippen molar-refractivity contribution in [2.45, 2.75) is 13.0 Å². The molecule has 3 N–H and O–H groups in total. The third-order valence-electron chi connectivity index (χ3n) is 4.14. The van der Waals surface area contributed by atoms with Crippen LogP contribution >= 0.6 is 27.5 Å². The highest BCUT2D eigenvalue weighted by Crippen LogP contribution is 2.25. The number of hydrogen-bond acceptors (Lipinski definition) is 4. The molecule has 3 rings (SSSR count). The number of halogens is 2. The molecule has 0 radical (unpaired) electrons. The number of H-pyrrole nitrogens is 1. The number of amides is 3. The van der Waals surface area contributed by atoms with Gasteiger partial charge in [-0.15, -0.1) is 0 Å². The van der Waals surface area contributed by atoms with Gasteiger partial charge in [0, 0.05) is 12.7 Å². The first-order valence-corrected chi connectivity index (χ1v) is 9.85. The lowest BCUT2D eigenvalue weighted by atomic mass is 10.2. The summed E-state index contributed by atoms with van der Waals surface area (Å²) in [4.78, 5) is 39.0. The Hall–Kier alpha value is -2.91. The van der Waals surface area contributed by atoms with Crippen LogP contribution in [0.1, 0.15) is 27.8 Å². The third kappa shape index (κ3) is 4.57. The van der Waals surface area contributed by atoms with Crippen LogP contribution in [-0.2, 0) is 4.79 Å². The van der Waals surface area contributed by atoms with Crippen LogP contribution in [0.4, 0.5) is 5.82 Å². The monoisotopic (exact) mass is 477 g/mol. The van der Waals surface area contributed by atoms with E-state index in [1.54, 1.807) is 48.7 Å². The molecule has 8 nitrogen and oxygen atoms in total. The summed E-state index contributed by atoms with van der Waals surface area (Å²) in [5, 5.41) is 12.1. The number of carbonyl (C=O) groups is 3. The Bertz CT molecular complexity index is 1020. The highest BCUT2D eigenvalue weighted by Gasteiger charge is 2.26. The molecule has 10 heteroatoms. The summed E-state index contributed by atoms with van der Waals surface area (Å²) in [6.07, 6.45) is 6.66. The van der Waals surface area contributed by atoms with Crippen LogP contribution in [0.3, 0.4) is 0 Å². The predicted octanol–water partition coefficient (Wildman–Crippen LogP) is 3.11. The Morgan fingerprint density at radius 2 is 2.03 bits per heavy atom. The summed E-state index contributed by atoms with van der Waals surface area (Å²) < 4.78 is 0.255. The molecule has 0 fully saturated rings. The highest BCUT2D eigenvalue weighted by molar-refractivity contribution is 9.10. The average Bonchev–Trinajstić information content (AvgIpc) is 2.97. The number of hydrogen-bond donors (Lipinski definition) is 3. The zero-order valence-corrected chi connectivity index (χ0v) is 17.6. The molecule has 1 aromatic carbocycles. The van der Waals surface area contributed by atoms with Crippen LogP contribution in [0.5, 0.6) is 0 Å². The van der Waals surface area contributed by atoms with Gasteiger partial charge >= 0.3 is 0 Å². The SMILES string of the molecule is CCN1C=CC=C[C@@H](NC(=O)c2[nH]nc(NC(=O)c3ccccc3Cl)c2Br)C1=O. The number of likely N-dealkylation sites (N-methyl/N-ethyl adjacent to an activating group) is 1. The summed E-state index contributed by atoms with van der Waals surface area (Å²) in [5.74, 6) is -1.15. The molecule has 0 bridgehead atoms. The smallest absolute Gasteiger partial charge is 0.271 e. The average molecular weight is 479 g/mol. The quantitative estimate of drug-likeness (QED) is 0.614. The maximum Gasteiger partial charge on any atom is 0.271 e. The second kappa shape index (κ2) is 9.06. The van der Waals surface area contributed by atoms with Crippen LogP contribution in [0.15, 0.2) is 53.2 Å². The molecule has 0 saturated carbocycles. The van der Waals surface area contributed by atoms with Gasteiger partial charge in [-0.05, 0) is 41.1 Å². The van der Waals surface area contributed by atoms with Gasteiger partial charge in [-0.25, -0.2) is 0 Å². The fraction of sp³-hybridized carbons (Fsp3) is 0.158. The summed E-state index contributed by atoms with van der Waals surface area (Å²) in [6, 6.07) is 5.74. The lowest BCUT2D eigenvalue weighted by Gasteiger charge is -2.20. The molecule has 0 saturated heterocycles. The number of rotatable bonds is 5. The van der Waals surface area contributed by atoms with E-state index in [1.165, 1.54) is 4.90 Å². The minimum Gasteiger partial charge on any atom is -0.336 e. The van der Waals surface area contributed by atoms with Crippen molar-refractivity contribution in [3.05, 3.63) is 69.4 Å². The van der Waals surface area contributed by atoms with Gasteiger partial charge < -0.3 is 15.5 Å². The third-order valence-corrected chi connectivity index (χ3v) is 5.24. The van der Waals surface area contributed by atoms with Gasteiger partial charge in [-0.1, -0.05) is 35.9 Å². The van der Waals surface area contributed by atoms with Gasteiger partial charge in [0.1, 0.15) is 11.7 Å². The maximum atomic E-state index is 12.6. The number of anilines is 1. The van der Waals surface area contributed by atoms with Crippen molar-refractivity contribution < 1.29 is 14.4 Å². The molecule has 150 valence electrons. The zero-order chi connectivity index (χ0) is 21.0. The topological polar surface area (TPSA) is 107 Å². The number of aromatic amines is 1. The van der Waals surface area contributed by atoms with Crippen molar-refractivity contribution in [2.24, 2.45) is 0 Å². The summed E-state index contributed by atoms with van der Waals surface area (Å²) in [7, 11) is 0. The maximum absolute atomic E-state index is 12.6. The second-order valence-corrected chi connectivity index (χ2v) is 7.20. The first-order valence-electron chi connectivity index (χ1n) is 8.68. The molecule has 0 unspecified atom stereocenters. The zero-order valence-electron chi connectivity index (χ0n) is 15.3. The number of benzene rings is 1. The first kappa shape index (κ1) is 20.8. The largest absolute Gasteiger partial charge is 0.336 e. The Morgan fingerprint density at radius 3 is 2.76 bits per heavy atom. The van der Waals surface area contributed by atoms with Gasteiger partial charge in [0.05, 0.1) is 15.1 Å². The van der Waals surface area contributed by atoms with Gasteiger partial charge in [0.15, 0.2) is 5.82 Å². The lowest BCUT2D eigenvalue weighted by Crippen LogP contribution is -2.45. The minimum atomic E-state index is -0.825. The molecule has 1 atom stereocenters. The van der Waals surface area contributed by atoms with Crippen LogP contribution in [0.2, 0.25) is 5.02 Å². The fourth-order valence-corrected chi connectivity index (χ4v) is 3.31. The molecule has 1 aliphatic rings. The van der Waals surface area contributed by atoms with Crippen LogP contribution in [0.25, 0.3) is 0 Å². The Morgan fingerprint density at radius 1 is 1.28 bits per heavy atom. The fourth-order valence-electron chi connectivity index (χ4n) is 2.63. The Balaban J connectivity index is 1.73. The lowest BCUT2D eigenvalue weighted by molar-refractivity contribution is -0.129.